The summed E-state index contributed by atoms with van der Waals surface area (Å²) in [5.41, 5.74) is 1.23. The van der Waals surface area contributed by atoms with Crippen LogP contribution in [-0.4, -0.2) is 21.2 Å². The van der Waals surface area contributed by atoms with E-state index in [0.29, 0.717) is 16.5 Å². The number of carbonyl (C=O) groups is 1. The molecule has 0 aromatic carbocycles. The Morgan fingerprint density at radius 2 is 2.27 bits per heavy atom. The molecule has 15 heavy (non-hydrogen) atoms. The first kappa shape index (κ1) is 9.85. The zero-order chi connectivity index (χ0) is 11.0. The van der Waals surface area contributed by atoms with E-state index in [1.54, 1.807) is 6.92 Å². The van der Waals surface area contributed by atoms with Crippen molar-refractivity contribution in [1.82, 2.24) is 10.1 Å². The predicted octanol–water partition coefficient (Wildman–Crippen LogP) is 2.11. The van der Waals surface area contributed by atoms with Gasteiger partial charge in [-0.05, 0) is 13.8 Å². The van der Waals surface area contributed by atoms with E-state index in [1.807, 2.05) is 12.3 Å². The second-order valence-electron chi connectivity index (χ2n) is 3.06. The molecule has 0 spiro atoms. The molecule has 0 atom stereocenters. The first-order chi connectivity index (χ1) is 7.09. The Morgan fingerprint density at radius 1 is 1.53 bits per heavy atom. The average molecular weight is 224 g/mol. The minimum atomic E-state index is -1.04. The number of rotatable bonds is 2. The third-order valence-electron chi connectivity index (χ3n) is 1.90. The highest BCUT2D eigenvalue weighted by atomic mass is 32.1. The second kappa shape index (κ2) is 3.47. The number of nitrogens with zero attached hydrogens (tertiary/aromatic N) is 2. The van der Waals surface area contributed by atoms with Gasteiger partial charge in [-0.25, -0.2) is 9.78 Å². The number of thiazole rings is 1. The van der Waals surface area contributed by atoms with Gasteiger partial charge in [0.05, 0.1) is 0 Å². The van der Waals surface area contributed by atoms with Gasteiger partial charge >= 0.3 is 5.97 Å². The maximum atomic E-state index is 11.0. The van der Waals surface area contributed by atoms with E-state index in [-0.39, 0.29) is 5.56 Å². The van der Waals surface area contributed by atoms with Crippen LogP contribution < -0.4 is 0 Å². The van der Waals surface area contributed by atoms with Crippen LogP contribution in [0.15, 0.2) is 9.90 Å². The number of aromatic nitrogens is 2. The van der Waals surface area contributed by atoms with Gasteiger partial charge in [-0.1, -0.05) is 5.16 Å². The minimum absolute atomic E-state index is 0.0874. The van der Waals surface area contributed by atoms with Crippen LogP contribution in [0, 0.1) is 13.8 Å². The summed E-state index contributed by atoms with van der Waals surface area (Å²) in [5, 5.41) is 15.1. The van der Waals surface area contributed by atoms with Gasteiger partial charge in [-0.2, -0.15) is 0 Å². The van der Waals surface area contributed by atoms with Crippen LogP contribution in [0.2, 0.25) is 0 Å². The smallest absolute Gasteiger partial charge is 0.341 e. The van der Waals surface area contributed by atoms with Gasteiger partial charge in [-0.3, -0.25) is 0 Å². The molecule has 78 valence electrons. The molecule has 1 N–H and O–H groups in total. The maximum Gasteiger partial charge on any atom is 0.341 e. The Labute approximate surface area is 89.4 Å². The largest absolute Gasteiger partial charge is 0.477 e. The lowest BCUT2D eigenvalue weighted by atomic mass is 10.2. The van der Waals surface area contributed by atoms with Crippen molar-refractivity contribution in [2.24, 2.45) is 0 Å². The number of carboxylic acid groups (broad SMARTS) is 1. The summed E-state index contributed by atoms with van der Waals surface area (Å²) in [4.78, 5) is 15.1. The summed E-state index contributed by atoms with van der Waals surface area (Å²) < 4.78 is 4.86. The van der Waals surface area contributed by atoms with E-state index in [0.717, 1.165) is 5.69 Å². The number of hydrogen-bond acceptors (Lipinski definition) is 5. The molecule has 0 saturated heterocycles. The van der Waals surface area contributed by atoms with Crippen LogP contribution in [-0.2, 0) is 0 Å². The standard InChI is InChI=1S/C9H8N2O3S/c1-4-3-15-8(10-4)7-6(9(12)13)5(2)14-11-7/h3H,1-2H3,(H,12,13). The molecule has 0 fully saturated rings. The molecule has 6 heteroatoms. The van der Waals surface area contributed by atoms with Gasteiger partial charge in [-0.15, -0.1) is 11.3 Å². The third-order valence-corrected chi connectivity index (χ3v) is 2.87. The quantitative estimate of drug-likeness (QED) is 0.845. The summed E-state index contributed by atoms with van der Waals surface area (Å²) in [6.45, 7) is 3.41. The summed E-state index contributed by atoms with van der Waals surface area (Å²) in [6, 6.07) is 0. The van der Waals surface area contributed by atoms with Gasteiger partial charge in [0.2, 0.25) is 0 Å². The highest BCUT2D eigenvalue weighted by molar-refractivity contribution is 7.13. The molecule has 0 aliphatic rings. The minimum Gasteiger partial charge on any atom is -0.477 e. The van der Waals surface area contributed by atoms with E-state index >= 15 is 0 Å². The monoisotopic (exact) mass is 224 g/mol. The Balaban J connectivity index is 2.58. The van der Waals surface area contributed by atoms with E-state index in [1.165, 1.54) is 11.3 Å². The van der Waals surface area contributed by atoms with Crippen LogP contribution in [0.4, 0.5) is 0 Å². The predicted molar refractivity (Wildman–Crippen MR) is 54.0 cm³/mol. The van der Waals surface area contributed by atoms with E-state index in [4.69, 9.17) is 9.63 Å². The second-order valence-corrected chi connectivity index (χ2v) is 3.92. The molecule has 5 nitrogen and oxygen atoms in total. The molecular weight excluding hydrogens is 216 g/mol. The number of carboxylic acids is 1. The Bertz CT molecular complexity index is 515. The molecule has 0 aliphatic carbocycles. The van der Waals surface area contributed by atoms with Crippen LogP contribution in [0.25, 0.3) is 10.7 Å². The highest BCUT2D eigenvalue weighted by Gasteiger charge is 2.22. The van der Waals surface area contributed by atoms with Crippen molar-refractivity contribution in [3.8, 4) is 10.7 Å². The average Bonchev–Trinajstić information content (AvgIpc) is 2.71. The molecule has 2 rings (SSSR count). The lowest BCUT2D eigenvalue weighted by molar-refractivity contribution is 0.0696. The zero-order valence-corrected chi connectivity index (χ0v) is 8.96. The van der Waals surface area contributed by atoms with E-state index < -0.39 is 5.97 Å². The maximum absolute atomic E-state index is 11.0. The SMILES string of the molecule is Cc1csc(-c2noc(C)c2C(=O)O)n1. The summed E-state index contributed by atoms with van der Waals surface area (Å²) in [7, 11) is 0. The van der Waals surface area contributed by atoms with Gasteiger partial charge in [0.15, 0.2) is 5.69 Å². The molecule has 0 amide bonds. The van der Waals surface area contributed by atoms with Crippen molar-refractivity contribution in [1.29, 1.82) is 0 Å². The van der Waals surface area contributed by atoms with Gasteiger partial charge in [0.25, 0.3) is 0 Å². The fourth-order valence-corrected chi connectivity index (χ4v) is 2.02. The van der Waals surface area contributed by atoms with Crippen molar-refractivity contribution in [3.63, 3.8) is 0 Å². The van der Waals surface area contributed by atoms with Crippen LogP contribution in [0.1, 0.15) is 21.8 Å². The lowest BCUT2D eigenvalue weighted by Crippen LogP contribution is -1.99. The fraction of sp³-hybridized carbons (Fsp3) is 0.222. The molecule has 2 heterocycles. The van der Waals surface area contributed by atoms with Gasteiger partial charge in [0, 0.05) is 11.1 Å². The molecule has 0 unspecified atom stereocenters. The Morgan fingerprint density at radius 3 is 2.80 bits per heavy atom. The molecule has 2 aromatic rings. The van der Waals surface area contributed by atoms with E-state index in [2.05, 4.69) is 10.1 Å². The molecule has 0 radical (unpaired) electrons. The number of aromatic carboxylic acids is 1. The van der Waals surface area contributed by atoms with Crippen molar-refractivity contribution in [3.05, 3.63) is 22.4 Å². The van der Waals surface area contributed by atoms with Crippen LogP contribution in [0.5, 0.6) is 0 Å². The normalized spacial score (nSPS) is 10.5. The van der Waals surface area contributed by atoms with E-state index in [9.17, 15) is 4.79 Å². The summed E-state index contributed by atoms with van der Waals surface area (Å²) in [5.74, 6) is -0.748. The third kappa shape index (κ3) is 1.63. The molecule has 2 aromatic heterocycles. The molecular formula is C9H8N2O3S. The Kier molecular flexibility index (Phi) is 2.28. The molecule has 0 bridgehead atoms. The van der Waals surface area contributed by atoms with Gasteiger partial charge in [0.1, 0.15) is 16.3 Å². The first-order valence-corrected chi connectivity index (χ1v) is 5.09. The lowest BCUT2D eigenvalue weighted by Gasteiger charge is -1.91. The fourth-order valence-electron chi connectivity index (χ4n) is 1.23. The first-order valence-electron chi connectivity index (χ1n) is 4.21. The van der Waals surface area contributed by atoms with Crippen molar-refractivity contribution in [2.45, 2.75) is 13.8 Å². The summed E-state index contributed by atoms with van der Waals surface area (Å²) in [6.07, 6.45) is 0. The van der Waals surface area contributed by atoms with Crippen molar-refractivity contribution >= 4 is 17.3 Å². The van der Waals surface area contributed by atoms with Gasteiger partial charge < -0.3 is 9.63 Å². The Hall–Kier alpha value is -1.69. The number of aryl methyl sites for hydroxylation is 2. The van der Waals surface area contributed by atoms with Crippen LogP contribution >= 0.6 is 11.3 Å². The molecule has 0 saturated carbocycles. The zero-order valence-electron chi connectivity index (χ0n) is 8.14. The van der Waals surface area contributed by atoms with Crippen molar-refractivity contribution < 1.29 is 14.4 Å². The van der Waals surface area contributed by atoms with Crippen molar-refractivity contribution in [2.75, 3.05) is 0 Å². The summed E-state index contributed by atoms with van der Waals surface area (Å²) >= 11 is 1.35. The highest BCUT2D eigenvalue weighted by Crippen LogP contribution is 2.27. The van der Waals surface area contributed by atoms with Crippen LogP contribution in [0.3, 0.4) is 0 Å². The molecule has 0 aliphatic heterocycles. The number of hydrogen-bond donors (Lipinski definition) is 1. The topological polar surface area (TPSA) is 76.2 Å².